The first-order valence-electron chi connectivity index (χ1n) is 7.87. The molecule has 0 aliphatic carbocycles. The first-order valence-corrected chi connectivity index (χ1v) is 10.8. The lowest BCUT2D eigenvalue weighted by Gasteiger charge is -2.15. The van der Waals surface area contributed by atoms with Gasteiger partial charge in [-0.1, -0.05) is 39.3 Å². The molecule has 1 heterocycles. The molecule has 0 radical (unpaired) electrons. The Balaban J connectivity index is 1.82. The van der Waals surface area contributed by atoms with Crippen LogP contribution in [0.2, 0.25) is 5.02 Å². The summed E-state index contributed by atoms with van der Waals surface area (Å²) < 4.78 is 3.20. The number of anilines is 2. The van der Waals surface area contributed by atoms with Gasteiger partial charge in [-0.15, -0.1) is 0 Å². The molecule has 10 heteroatoms. The van der Waals surface area contributed by atoms with Crippen LogP contribution in [0.15, 0.2) is 67.4 Å². The largest absolute Gasteiger partial charge is 0.385 e. The van der Waals surface area contributed by atoms with Crippen LogP contribution < -0.4 is 16.6 Å². The minimum Gasteiger partial charge on any atom is -0.385 e. The summed E-state index contributed by atoms with van der Waals surface area (Å²) in [6, 6.07) is 13.6. The van der Waals surface area contributed by atoms with Crippen LogP contribution in [0.4, 0.5) is 11.5 Å². The van der Waals surface area contributed by atoms with Gasteiger partial charge in [-0.25, -0.2) is 0 Å². The molecule has 0 bridgehead atoms. The highest BCUT2D eigenvalue weighted by Gasteiger charge is 2.13. The Kier molecular flexibility index (Phi) is 6.82. The molecule has 3 rings (SSSR count). The fraction of sp³-hybridized carbons (Fsp3) is 0.0556. The van der Waals surface area contributed by atoms with Crippen molar-refractivity contribution in [2.24, 2.45) is 0 Å². The molecule has 0 aliphatic heterocycles. The smallest absolute Gasteiger partial charge is 0.275 e. The molecule has 3 N–H and O–H groups in total. The van der Waals surface area contributed by atoms with E-state index in [9.17, 15) is 9.59 Å². The van der Waals surface area contributed by atoms with Crippen LogP contribution in [0.25, 0.3) is 5.69 Å². The number of aromatic nitrogens is 2. The number of carbonyl (C=O) groups is 1. The van der Waals surface area contributed by atoms with E-state index in [1.165, 1.54) is 6.07 Å². The fourth-order valence-electron chi connectivity index (χ4n) is 2.33. The topological polar surface area (TPSA) is 90.0 Å². The summed E-state index contributed by atoms with van der Waals surface area (Å²) in [5.41, 5.74) is 6.87. The van der Waals surface area contributed by atoms with Crippen LogP contribution in [0.3, 0.4) is 0 Å². The number of carbonyl (C=O) groups excluding carboxylic acids is 1. The number of hydrogen-bond acceptors (Lipinski definition) is 5. The zero-order chi connectivity index (χ0) is 20.3. The van der Waals surface area contributed by atoms with Crippen molar-refractivity contribution >= 4 is 72.6 Å². The van der Waals surface area contributed by atoms with E-state index < -0.39 is 5.56 Å². The van der Waals surface area contributed by atoms with Crippen molar-refractivity contribution in [3.05, 3.63) is 72.9 Å². The van der Waals surface area contributed by atoms with Crippen LogP contribution in [0.1, 0.15) is 0 Å². The molecular weight excluding hydrogens is 532 g/mol. The number of amides is 1. The molecule has 0 unspecified atom stereocenters. The van der Waals surface area contributed by atoms with Crippen molar-refractivity contribution in [1.29, 1.82) is 0 Å². The van der Waals surface area contributed by atoms with Crippen LogP contribution >= 0.6 is 55.2 Å². The second-order valence-corrected chi connectivity index (χ2v) is 8.72. The number of nitrogens with two attached hydrogens (primary N) is 1. The molecule has 144 valence electrons. The third-order valence-corrected chi connectivity index (χ3v) is 5.92. The summed E-state index contributed by atoms with van der Waals surface area (Å²) >= 11 is 13.8. The van der Waals surface area contributed by atoms with Gasteiger partial charge in [0.25, 0.3) is 5.56 Å². The minimum absolute atomic E-state index is 0.0441. The number of nitrogens with one attached hydrogen (secondary N) is 1. The van der Waals surface area contributed by atoms with E-state index in [4.69, 9.17) is 17.3 Å². The lowest BCUT2D eigenvalue weighted by molar-refractivity contribution is -0.113. The highest BCUT2D eigenvalue weighted by Crippen LogP contribution is 2.27. The van der Waals surface area contributed by atoms with Gasteiger partial charge in [0.05, 0.1) is 11.4 Å². The molecule has 0 spiro atoms. The van der Waals surface area contributed by atoms with Gasteiger partial charge in [-0.05, 0) is 58.4 Å². The molecule has 1 amide bonds. The van der Waals surface area contributed by atoms with Crippen molar-refractivity contribution in [2.75, 3.05) is 16.8 Å². The van der Waals surface area contributed by atoms with Gasteiger partial charge >= 0.3 is 0 Å². The van der Waals surface area contributed by atoms with Gasteiger partial charge in [-0.3, -0.25) is 14.2 Å². The zero-order valence-electron chi connectivity index (χ0n) is 14.2. The lowest BCUT2D eigenvalue weighted by Crippen LogP contribution is -2.19. The second kappa shape index (κ2) is 9.13. The summed E-state index contributed by atoms with van der Waals surface area (Å²) in [7, 11) is 0. The number of halogens is 3. The average Bonchev–Trinajstić information content (AvgIpc) is 2.64. The molecule has 2 aromatic carbocycles. The maximum atomic E-state index is 12.4. The number of hydrogen-bond donors (Lipinski definition) is 2. The lowest BCUT2D eigenvalue weighted by atomic mass is 10.3. The van der Waals surface area contributed by atoms with Crippen LogP contribution in [-0.4, -0.2) is 21.2 Å². The van der Waals surface area contributed by atoms with Crippen molar-refractivity contribution in [3.63, 3.8) is 0 Å². The molecule has 1 aromatic heterocycles. The highest BCUT2D eigenvalue weighted by atomic mass is 79.9. The molecule has 0 saturated heterocycles. The van der Waals surface area contributed by atoms with E-state index in [2.05, 4.69) is 42.2 Å². The highest BCUT2D eigenvalue weighted by molar-refractivity contribution is 9.11. The Morgan fingerprint density at radius 1 is 1.18 bits per heavy atom. The van der Waals surface area contributed by atoms with Gasteiger partial charge < -0.3 is 11.1 Å². The molecule has 0 fully saturated rings. The predicted octanol–water partition coefficient (Wildman–Crippen LogP) is 4.72. The Morgan fingerprint density at radius 3 is 2.61 bits per heavy atom. The van der Waals surface area contributed by atoms with Crippen LogP contribution in [-0.2, 0) is 4.79 Å². The van der Waals surface area contributed by atoms with Crippen molar-refractivity contribution < 1.29 is 4.79 Å². The Morgan fingerprint density at radius 2 is 1.89 bits per heavy atom. The molecule has 0 saturated carbocycles. The van der Waals surface area contributed by atoms with E-state index in [0.717, 1.165) is 20.7 Å². The number of benzene rings is 2. The predicted molar refractivity (Wildman–Crippen MR) is 120 cm³/mol. The molecule has 0 atom stereocenters. The summed E-state index contributed by atoms with van der Waals surface area (Å²) in [6.07, 6.45) is 0. The molecule has 0 aliphatic rings. The molecule has 3 aromatic rings. The Hall–Kier alpha value is -1.81. The van der Waals surface area contributed by atoms with E-state index in [1.807, 2.05) is 12.1 Å². The first kappa shape index (κ1) is 20.9. The standard InChI is InChI=1S/C18H13Br2ClN4O2S/c19-10-1-6-13(20)14(7-10)23-17(27)9-28-18-24-16(26)8-15(22)25(18)12-4-2-11(21)3-5-12/h1-8H,9,22H2,(H,23,27). The summed E-state index contributed by atoms with van der Waals surface area (Å²) in [6.45, 7) is 0. The van der Waals surface area contributed by atoms with E-state index in [-0.39, 0.29) is 17.5 Å². The van der Waals surface area contributed by atoms with Crippen molar-refractivity contribution in [1.82, 2.24) is 9.55 Å². The average molecular weight is 545 g/mol. The third kappa shape index (κ3) is 5.16. The van der Waals surface area contributed by atoms with Crippen molar-refractivity contribution in [3.8, 4) is 5.69 Å². The fourth-order valence-corrected chi connectivity index (χ4v) is 3.99. The van der Waals surface area contributed by atoms with Gasteiger partial charge in [0.1, 0.15) is 5.82 Å². The first-order chi connectivity index (χ1) is 13.3. The normalized spacial score (nSPS) is 10.7. The van der Waals surface area contributed by atoms with E-state index >= 15 is 0 Å². The van der Waals surface area contributed by atoms with Crippen molar-refractivity contribution in [2.45, 2.75) is 5.16 Å². The quantitative estimate of drug-likeness (QED) is 0.358. The van der Waals surface area contributed by atoms with Crippen LogP contribution in [0, 0.1) is 0 Å². The van der Waals surface area contributed by atoms with E-state index in [0.29, 0.717) is 21.6 Å². The number of rotatable bonds is 5. The number of nitrogens with zero attached hydrogens (tertiary/aromatic N) is 2. The summed E-state index contributed by atoms with van der Waals surface area (Å²) in [4.78, 5) is 28.2. The second-order valence-electron chi connectivity index (χ2n) is 5.57. The van der Waals surface area contributed by atoms with Gasteiger partial charge in [0.15, 0.2) is 5.16 Å². The maximum Gasteiger partial charge on any atom is 0.275 e. The molecule has 28 heavy (non-hydrogen) atoms. The molecular formula is C18H13Br2ClN4O2S. The number of thioether (sulfide) groups is 1. The Bertz CT molecular complexity index is 1090. The minimum atomic E-state index is -0.472. The van der Waals surface area contributed by atoms with Gasteiger partial charge in [-0.2, -0.15) is 4.98 Å². The zero-order valence-corrected chi connectivity index (χ0v) is 18.9. The summed E-state index contributed by atoms with van der Waals surface area (Å²) in [5, 5.41) is 3.71. The SMILES string of the molecule is Nc1cc(=O)nc(SCC(=O)Nc2cc(Br)ccc2Br)n1-c1ccc(Cl)cc1. The third-order valence-electron chi connectivity index (χ3n) is 3.55. The maximum absolute atomic E-state index is 12.4. The monoisotopic (exact) mass is 542 g/mol. The summed E-state index contributed by atoms with van der Waals surface area (Å²) in [5.74, 6) is 0.0192. The number of nitrogen functional groups attached to an aromatic ring is 1. The van der Waals surface area contributed by atoms with E-state index in [1.54, 1.807) is 34.9 Å². The van der Waals surface area contributed by atoms with Gasteiger partial charge in [0.2, 0.25) is 5.91 Å². The Labute approximate surface area is 186 Å². The molecule has 6 nitrogen and oxygen atoms in total. The van der Waals surface area contributed by atoms with Gasteiger partial charge in [0, 0.05) is 25.7 Å². The van der Waals surface area contributed by atoms with Crippen LogP contribution in [0.5, 0.6) is 0 Å².